The van der Waals surface area contributed by atoms with E-state index in [1.165, 1.54) is 30.3 Å². The third kappa shape index (κ3) is 4.55. The Bertz CT molecular complexity index is 987. The highest BCUT2D eigenvalue weighted by atomic mass is 35.5. The highest BCUT2D eigenvalue weighted by molar-refractivity contribution is 6.43. The van der Waals surface area contributed by atoms with Crippen LogP contribution in [0.5, 0.6) is 0 Å². The van der Waals surface area contributed by atoms with Crippen LogP contribution in [0.15, 0.2) is 36.4 Å². The fourth-order valence-electron chi connectivity index (χ4n) is 2.63. The van der Waals surface area contributed by atoms with Gasteiger partial charge in [0.15, 0.2) is 6.61 Å². The quantitative estimate of drug-likeness (QED) is 0.552. The molecule has 0 bridgehead atoms. The average Bonchev–Trinajstić information content (AvgIpc) is 2.90. The first-order valence-electron chi connectivity index (χ1n) is 8.29. The molecule has 0 saturated heterocycles. The number of benzene rings is 2. The molecule has 0 spiro atoms. The number of hydrogen-bond acceptors (Lipinski definition) is 5. The summed E-state index contributed by atoms with van der Waals surface area (Å²) in [5.41, 5.74) is 0.329. The summed E-state index contributed by atoms with van der Waals surface area (Å²) in [5, 5.41) is 2.60. The van der Waals surface area contributed by atoms with Crippen LogP contribution < -0.4 is 5.32 Å². The number of nitrogens with one attached hydrogen (secondary N) is 1. The Balaban J connectivity index is 1.52. The number of ether oxygens (including phenoxy) is 1. The van der Waals surface area contributed by atoms with Gasteiger partial charge in [-0.1, -0.05) is 41.4 Å². The fourth-order valence-corrected chi connectivity index (χ4v) is 2.96. The van der Waals surface area contributed by atoms with Gasteiger partial charge in [-0.3, -0.25) is 24.1 Å². The van der Waals surface area contributed by atoms with Crippen molar-refractivity contribution < 1.29 is 28.3 Å². The molecule has 1 aliphatic rings. The number of esters is 1. The van der Waals surface area contributed by atoms with E-state index in [4.69, 9.17) is 27.9 Å². The van der Waals surface area contributed by atoms with Crippen LogP contribution in [0.2, 0.25) is 10.0 Å². The molecule has 29 heavy (non-hydrogen) atoms. The van der Waals surface area contributed by atoms with E-state index >= 15 is 0 Å². The standard InChI is InChI=1S/C19H13Cl2FN2O5/c20-13-5-11-12(6-14(13)21)19(28)24(18(11)27)8-17(26)29-9-16(25)23-7-10-3-1-2-4-15(10)22/h1-6H,7-9H2,(H,23,25). The summed E-state index contributed by atoms with van der Waals surface area (Å²) >= 11 is 11.7. The Hall–Kier alpha value is -2.97. The van der Waals surface area contributed by atoms with Crippen LogP contribution in [0, 0.1) is 5.82 Å². The van der Waals surface area contributed by atoms with E-state index in [1.807, 2.05) is 0 Å². The molecule has 7 nitrogen and oxygen atoms in total. The van der Waals surface area contributed by atoms with E-state index in [2.05, 4.69) is 5.32 Å². The first kappa shape index (κ1) is 20.8. The molecule has 3 rings (SSSR count). The van der Waals surface area contributed by atoms with E-state index in [0.717, 1.165) is 0 Å². The lowest BCUT2D eigenvalue weighted by Gasteiger charge is -2.13. The molecule has 0 atom stereocenters. The number of halogens is 3. The summed E-state index contributed by atoms with van der Waals surface area (Å²) in [6, 6.07) is 8.39. The molecule has 0 saturated carbocycles. The van der Waals surface area contributed by atoms with Crippen LogP contribution >= 0.6 is 23.2 Å². The van der Waals surface area contributed by atoms with Crippen LogP contribution in [0.3, 0.4) is 0 Å². The van der Waals surface area contributed by atoms with E-state index in [1.54, 1.807) is 6.07 Å². The number of amides is 3. The number of rotatable bonds is 6. The molecule has 10 heteroatoms. The van der Waals surface area contributed by atoms with Crippen molar-refractivity contribution in [3.8, 4) is 0 Å². The minimum atomic E-state index is -0.960. The number of carbonyl (C=O) groups excluding carboxylic acids is 4. The number of nitrogens with zero attached hydrogens (tertiary/aromatic N) is 1. The predicted octanol–water partition coefficient (Wildman–Crippen LogP) is 2.59. The predicted molar refractivity (Wildman–Crippen MR) is 101 cm³/mol. The van der Waals surface area contributed by atoms with Gasteiger partial charge < -0.3 is 10.1 Å². The first-order chi connectivity index (χ1) is 13.8. The molecule has 1 aliphatic heterocycles. The number of hydrogen-bond donors (Lipinski definition) is 1. The maximum Gasteiger partial charge on any atom is 0.326 e. The molecule has 1 N–H and O–H groups in total. The van der Waals surface area contributed by atoms with Crippen LogP contribution in [-0.4, -0.2) is 41.7 Å². The van der Waals surface area contributed by atoms with Gasteiger partial charge in [-0.2, -0.15) is 0 Å². The van der Waals surface area contributed by atoms with E-state index in [9.17, 15) is 23.6 Å². The lowest BCUT2D eigenvalue weighted by molar-refractivity contribution is -0.148. The van der Waals surface area contributed by atoms with E-state index < -0.39 is 42.7 Å². The normalized spacial score (nSPS) is 12.7. The van der Waals surface area contributed by atoms with Crippen molar-refractivity contribution in [2.24, 2.45) is 0 Å². The van der Waals surface area contributed by atoms with Crippen molar-refractivity contribution in [2.75, 3.05) is 13.2 Å². The average molecular weight is 439 g/mol. The van der Waals surface area contributed by atoms with Crippen LogP contribution in [0.1, 0.15) is 26.3 Å². The number of carbonyl (C=O) groups is 4. The highest BCUT2D eigenvalue weighted by Gasteiger charge is 2.37. The number of fused-ring (bicyclic) bond motifs is 1. The van der Waals surface area contributed by atoms with Gasteiger partial charge in [-0.25, -0.2) is 4.39 Å². The summed E-state index contributed by atoms with van der Waals surface area (Å²) in [6.07, 6.45) is 0. The monoisotopic (exact) mass is 438 g/mol. The maximum atomic E-state index is 13.5. The second-order valence-corrected chi connectivity index (χ2v) is 6.85. The van der Waals surface area contributed by atoms with E-state index in [0.29, 0.717) is 4.90 Å². The molecule has 1 heterocycles. The first-order valence-corrected chi connectivity index (χ1v) is 9.04. The minimum absolute atomic E-state index is 0.0276. The van der Waals surface area contributed by atoms with Gasteiger partial charge in [0.1, 0.15) is 12.4 Å². The second-order valence-electron chi connectivity index (χ2n) is 6.04. The second kappa shape index (κ2) is 8.59. The van der Waals surface area contributed by atoms with Crippen molar-refractivity contribution in [2.45, 2.75) is 6.54 Å². The third-order valence-electron chi connectivity index (χ3n) is 4.10. The fraction of sp³-hybridized carbons (Fsp3) is 0.158. The van der Waals surface area contributed by atoms with Gasteiger partial charge in [-0.05, 0) is 18.2 Å². The van der Waals surface area contributed by atoms with Gasteiger partial charge in [-0.15, -0.1) is 0 Å². The summed E-state index contributed by atoms with van der Waals surface area (Å²) in [4.78, 5) is 49.0. The SMILES string of the molecule is O=C(COC(=O)CN1C(=O)c2cc(Cl)c(Cl)cc2C1=O)NCc1ccccc1F. The molecule has 0 unspecified atom stereocenters. The zero-order chi connectivity index (χ0) is 21.1. The van der Waals surface area contributed by atoms with Crippen LogP contribution in [-0.2, 0) is 20.9 Å². The van der Waals surface area contributed by atoms with Crippen molar-refractivity contribution in [1.82, 2.24) is 10.2 Å². The van der Waals surface area contributed by atoms with E-state index in [-0.39, 0.29) is 33.3 Å². The van der Waals surface area contributed by atoms with Gasteiger partial charge in [0.05, 0.1) is 21.2 Å². The van der Waals surface area contributed by atoms with Gasteiger partial charge in [0, 0.05) is 12.1 Å². The molecular weight excluding hydrogens is 426 g/mol. The number of imide groups is 1. The van der Waals surface area contributed by atoms with Crippen molar-refractivity contribution in [1.29, 1.82) is 0 Å². The molecule has 2 aromatic carbocycles. The Kier molecular flexibility index (Phi) is 6.14. The molecule has 0 aliphatic carbocycles. The van der Waals surface area contributed by atoms with Crippen molar-refractivity contribution in [3.05, 3.63) is 69.0 Å². The Morgan fingerprint density at radius 2 is 1.62 bits per heavy atom. The summed E-state index contributed by atoms with van der Waals surface area (Å²) < 4.78 is 18.3. The van der Waals surface area contributed by atoms with Crippen molar-refractivity contribution in [3.63, 3.8) is 0 Å². The largest absolute Gasteiger partial charge is 0.454 e. The highest BCUT2D eigenvalue weighted by Crippen LogP contribution is 2.31. The molecule has 2 aromatic rings. The summed E-state index contributed by atoms with van der Waals surface area (Å²) in [7, 11) is 0. The van der Waals surface area contributed by atoms with Crippen LogP contribution in [0.4, 0.5) is 4.39 Å². The Labute approximate surface area is 174 Å². The minimum Gasteiger partial charge on any atom is -0.454 e. The molecule has 0 radical (unpaired) electrons. The lowest BCUT2D eigenvalue weighted by Crippen LogP contribution is -2.37. The maximum absolute atomic E-state index is 13.5. The zero-order valence-corrected chi connectivity index (χ0v) is 16.2. The Morgan fingerprint density at radius 1 is 1.03 bits per heavy atom. The van der Waals surface area contributed by atoms with Crippen LogP contribution in [0.25, 0.3) is 0 Å². The molecule has 0 aromatic heterocycles. The smallest absolute Gasteiger partial charge is 0.326 e. The van der Waals surface area contributed by atoms with Gasteiger partial charge >= 0.3 is 5.97 Å². The van der Waals surface area contributed by atoms with Gasteiger partial charge in [0.2, 0.25) is 0 Å². The molecular formula is C19H13Cl2FN2O5. The van der Waals surface area contributed by atoms with Crippen molar-refractivity contribution >= 4 is 46.9 Å². The molecule has 0 fully saturated rings. The zero-order valence-electron chi connectivity index (χ0n) is 14.7. The summed E-state index contributed by atoms with van der Waals surface area (Å²) in [6.45, 7) is -1.40. The Morgan fingerprint density at radius 3 is 2.21 bits per heavy atom. The lowest BCUT2D eigenvalue weighted by atomic mass is 10.1. The van der Waals surface area contributed by atoms with Gasteiger partial charge in [0.25, 0.3) is 17.7 Å². The third-order valence-corrected chi connectivity index (χ3v) is 4.82. The summed E-state index contributed by atoms with van der Waals surface area (Å²) in [5.74, 6) is -3.54. The molecule has 3 amide bonds. The topological polar surface area (TPSA) is 92.8 Å². The molecule has 150 valence electrons.